The van der Waals surface area contributed by atoms with Gasteiger partial charge in [-0.3, -0.25) is 0 Å². The predicted molar refractivity (Wildman–Crippen MR) is 69.3 cm³/mol. The molecule has 1 atom stereocenters. The van der Waals surface area contributed by atoms with E-state index in [2.05, 4.69) is 0 Å². The van der Waals surface area contributed by atoms with Crippen molar-refractivity contribution in [3.05, 3.63) is 56.2 Å². The van der Waals surface area contributed by atoms with Crippen molar-refractivity contribution in [1.29, 1.82) is 0 Å². The van der Waals surface area contributed by atoms with E-state index in [1.165, 1.54) is 4.88 Å². The fourth-order valence-electron chi connectivity index (χ4n) is 1.78. The molecule has 0 spiro atoms. The molecule has 3 heteroatoms. The summed E-state index contributed by atoms with van der Waals surface area (Å²) in [5.41, 5.74) is 1.82. The van der Waals surface area contributed by atoms with Crippen LogP contribution in [0.25, 0.3) is 0 Å². The topological polar surface area (TPSA) is 20.2 Å². The molecule has 1 aromatic heterocycles. The van der Waals surface area contributed by atoms with Crippen molar-refractivity contribution in [2.75, 3.05) is 0 Å². The van der Waals surface area contributed by atoms with Gasteiger partial charge in [0.2, 0.25) is 0 Å². The maximum atomic E-state index is 10.3. The average molecular weight is 253 g/mol. The Labute approximate surface area is 104 Å². The fraction of sp³-hybridized carbons (Fsp3) is 0.231. The Morgan fingerprint density at radius 2 is 2.00 bits per heavy atom. The summed E-state index contributed by atoms with van der Waals surface area (Å²) in [6, 6.07) is 9.40. The molecule has 1 unspecified atom stereocenters. The Morgan fingerprint density at radius 3 is 2.56 bits per heavy atom. The van der Waals surface area contributed by atoms with E-state index in [1.54, 1.807) is 17.4 Å². The summed E-state index contributed by atoms with van der Waals surface area (Å²) in [6.45, 7) is 4.08. The second kappa shape index (κ2) is 4.58. The molecular formula is C13H13ClOS. The highest BCUT2D eigenvalue weighted by Gasteiger charge is 2.15. The maximum absolute atomic E-state index is 10.3. The third-order valence-corrected chi connectivity index (χ3v) is 3.76. The summed E-state index contributed by atoms with van der Waals surface area (Å²) in [7, 11) is 0. The average Bonchev–Trinajstić information content (AvgIpc) is 2.57. The monoisotopic (exact) mass is 252 g/mol. The molecule has 0 amide bonds. The first-order valence-electron chi connectivity index (χ1n) is 5.08. The molecule has 0 aliphatic heterocycles. The van der Waals surface area contributed by atoms with Crippen molar-refractivity contribution in [3.8, 4) is 0 Å². The van der Waals surface area contributed by atoms with Gasteiger partial charge in [0.1, 0.15) is 6.10 Å². The number of hydrogen-bond donors (Lipinski definition) is 1. The normalized spacial score (nSPS) is 12.8. The van der Waals surface area contributed by atoms with Crippen LogP contribution in [0.5, 0.6) is 0 Å². The quantitative estimate of drug-likeness (QED) is 0.853. The summed E-state index contributed by atoms with van der Waals surface area (Å²) < 4.78 is 0. The van der Waals surface area contributed by atoms with Crippen LogP contribution in [-0.4, -0.2) is 5.11 Å². The van der Waals surface area contributed by atoms with Gasteiger partial charge in [0.15, 0.2) is 0 Å². The standard InChI is InChI=1S/C13H13ClOS/c1-8-6-12(9(2)16-8)13(15)10-4-3-5-11(14)7-10/h3-7,13,15H,1-2H3. The minimum Gasteiger partial charge on any atom is -0.384 e. The van der Waals surface area contributed by atoms with Gasteiger partial charge in [0.05, 0.1) is 0 Å². The molecule has 0 radical (unpaired) electrons. The smallest absolute Gasteiger partial charge is 0.105 e. The molecule has 0 aliphatic carbocycles. The van der Waals surface area contributed by atoms with Crippen LogP contribution >= 0.6 is 22.9 Å². The first-order chi connectivity index (χ1) is 7.58. The number of rotatable bonds is 2. The summed E-state index contributed by atoms with van der Waals surface area (Å²) in [5, 5.41) is 10.9. The minimum absolute atomic E-state index is 0.580. The van der Waals surface area contributed by atoms with Crippen molar-refractivity contribution >= 4 is 22.9 Å². The molecule has 1 aromatic carbocycles. The summed E-state index contributed by atoms with van der Waals surface area (Å²) >= 11 is 7.62. The second-order valence-electron chi connectivity index (χ2n) is 3.83. The number of benzene rings is 1. The summed E-state index contributed by atoms with van der Waals surface area (Å²) in [5.74, 6) is 0. The number of thiophene rings is 1. The van der Waals surface area contributed by atoms with Gasteiger partial charge in [-0.25, -0.2) is 0 Å². The van der Waals surface area contributed by atoms with E-state index in [4.69, 9.17) is 11.6 Å². The van der Waals surface area contributed by atoms with Crippen LogP contribution in [0, 0.1) is 13.8 Å². The predicted octanol–water partition coefficient (Wildman–Crippen LogP) is 4.10. The fourth-order valence-corrected chi connectivity index (χ4v) is 2.93. The van der Waals surface area contributed by atoms with Crippen LogP contribution in [0.1, 0.15) is 27.0 Å². The Hall–Kier alpha value is -0.830. The Morgan fingerprint density at radius 1 is 1.25 bits per heavy atom. The maximum Gasteiger partial charge on any atom is 0.105 e. The van der Waals surface area contributed by atoms with Crippen LogP contribution in [0.4, 0.5) is 0 Å². The van der Waals surface area contributed by atoms with Gasteiger partial charge in [-0.05, 0) is 43.2 Å². The van der Waals surface area contributed by atoms with Gasteiger partial charge in [-0.1, -0.05) is 23.7 Å². The van der Waals surface area contributed by atoms with E-state index in [9.17, 15) is 5.11 Å². The lowest BCUT2D eigenvalue weighted by Crippen LogP contribution is -1.99. The Balaban J connectivity index is 2.38. The lowest BCUT2D eigenvalue weighted by Gasteiger charge is -2.11. The molecule has 0 bridgehead atoms. The molecule has 1 heterocycles. The number of halogens is 1. The third-order valence-electron chi connectivity index (χ3n) is 2.54. The van der Waals surface area contributed by atoms with E-state index in [1.807, 2.05) is 38.1 Å². The van der Waals surface area contributed by atoms with E-state index in [0.717, 1.165) is 16.0 Å². The minimum atomic E-state index is -0.580. The van der Waals surface area contributed by atoms with Gasteiger partial charge in [0, 0.05) is 14.8 Å². The highest BCUT2D eigenvalue weighted by Crippen LogP contribution is 2.31. The number of hydrogen-bond acceptors (Lipinski definition) is 2. The summed E-state index contributed by atoms with van der Waals surface area (Å²) in [6.07, 6.45) is -0.580. The van der Waals surface area contributed by atoms with Gasteiger partial charge in [-0.15, -0.1) is 11.3 Å². The molecule has 0 saturated heterocycles. The lowest BCUT2D eigenvalue weighted by molar-refractivity contribution is 0.220. The zero-order chi connectivity index (χ0) is 11.7. The third kappa shape index (κ3) is 2.29. The van der Waals surface area contributed by atoms with Gasteiger partial charge in [0.25, 0.3) is 0 Å². The van der Waals surface area contributed by atoms with Gasteiger partial charge in [-0.2, -0.15) is 0 Å². The highest BCUT2D eigenvalue weighted by molar-refractivity contribution is 7.12. The molecule has 2 rings (SSSR count). The van der Waals surface area contributed by atoms with E-state index < -0.39 is 6.10 Å². The van der Waals surface area contributed by atoms with E-state index in [-0.39, 0.29) is 0 Å². The molecule has 0 fully saturated rings. The molecule has 16 heavy (non-hydrogen) atoms. The molecular weight excluding hydrogens is 240 g/mol. The highest BCUT2D eigenvalue weighted by atomic mass is 35.5. The molecule has 2 aromatic rings. The van der Waals surface area contributed by atoms with Crippen LogP contribution in [-0.2, 0) is 0 Å². The van der Waals surface area contributed by atoms with E-state index in [0.29, 0.717) is 5.02 Å². The summed E-state index contributed by atoms with van der Waals surface area (Å²) in [4.78, 5) is 2.37. The van der Waals surface area contributed by atoms with Crippen LogP contribution in [0.15, 0.2) is 30.3 Å². The second-order valence-corrected chi connectivity index (χ2v) is 5.72. The lowest BCUT2D eigenvalue weighted by atomic mass is 10.0. The van der Waals surface area contributed by atoms with Crippen LogP contribution < -0.4 is 0 Å². The zero-order valence-electron chi connectivity index (χ0n) is 9.20. The van der Waals surface area contributed by atoms with Crippen LogP contribution in [0.3, 0.4) is 0 Å². The zero-order valence-corrected chi connectivity index (χ0v) is 10.8. The van der Waals surface area contributed by atoms with Crippen molar-refractivity contribution < 1.29 is 5.11 Å². The number of aliphatic hydroxyl groups excluding tert-OH is 1. The molecule has 0 aliphatic rings. The largest absolute Gasteiger partial charge is 0.384 e. The van der Waals surface area contributed by atoms with Crippen molar-refractivity contribution in [1.82, 2.24) is 0 Å². The SMILES string of the molecule is Cc1cc(C(O)c2cccc(Cl)c2)c(C)s1. The van der Waals surface area contributed by atoms with Crippen molar-refractivity contribution in [3.63, 3.8) is 0 Å². The van der Waals surface area contributed by atoms with Crippen LogP contribution in [0.2, 0.25) is 5.02 Å². The van der Waals surface area contributed by atoms with Crippen molar-refractivity contribution in [2.45, 2.75) is 20.0 Å². The van der Waals surface area contributed by atoms with Gasteiger partial charge >= 0.3 is 0 Å². The molecule has 84 valence electrons. The van der Waals surface area contributed by atoms with Crippen molar-refractivity contribution in [2.24, 2.45) is 0 Å². The molecule has 0 saturated carbocycles. The van der Waals surface area contributed by atoms with E-state index >= 15 is 0 Å². The number of aliphatic hydroxyl groups is 1. The molecule has 1 N–H and O–H groups in total. The number of aryl methyl sites for hydroxylation is 2. The first-order valence-corrected chi connectivity index (χ1v) is 6.28. The molecule has 1 nitrogen and oxygen atoms in total. The van der Waals surface area contributed by atoms with Gasteiger partial charge < -0.3 is 5.11 Å². The first kappa shape index (κ1) is 11.6. The Kier molecular flexibility index (Phi) is 3.33. The Bertz CT molecular complexity index is 504.